The summed E-state index contributed by atoms with van der Waals surface area (Å²) in [5, 5.41) is 6.87. The molecule has 6 nitrogen and oxygen atoms in total. The first-order valence-electron chi connectivity index (χ1n) is 7.08. The van der Waals surface area contributed by atoms with Crippen LogP contribution in [0.25, 0.3) is 0 Å². The van der Waals surface area contributed by atoms with Crippen LogP contribution in [-0.4, -0.2) is 31.7 Å². The number of hydrogen-bond acceptors (Lipinski definition) is 4. The molecule has 0 aliphatic rings. The van der Waals surface area contributed by atoms with Crippen LogP contribution in [0.5, 0.6) is 5.75 Å². The molecule has 0 aliphatic heterocycles. The Morgan fingerprint density at radius 1 is 1.21 bits per heavy atom. The van der Waals surface area contributed by atoms with Crippen molar-refractivity contribution in [2.75, 3.05) is 13.7 Å². The van der Waals surface area contributed by atoms with Crippen LogP contribution in [-0.2, 0) is 4.79 Å². The topological polar surface area (TPSA) is 79.8 Å². The van der Waals surface area contributed by atoms with Crippen molar-refractivity contribution in [1.82, 2.24) is 10.7 Å². The number of rotatable bonds is 6. The fourth-order valence-corrected chi connectivity index (χ4v) is 1.93. The van der Waals surface area contributed by atoms with Crippen molar-refractivity contribution in [3.05, 3.63) is 64.7 Å². The first-order valence-corrected chi connectivity index (χ1v) is 7.46. The minimum atomic E-state index is -0.434. The van der Waals surface area contributed by atoms with Gasteiger partial charge in [-0.1, -0.05) is 23.7 Å². The molecule has 2 amide bonds. The maximum absolute atomic E-state index is 11.8. The summed E-state index contributed by atoms with van der Waals surface area (Å²) in [5.74, 6) is -0.101. The molecule has 0 spiro atoms. The maximum atomic E-state index is 11.8. The summed E-state index contributed by atoms with van der Waals surface area (Å²) in [5.41, 5.74) is 3.54. The third kappa shape index (κ3) is 5.40. The minimum Gasteiger partial charge on any atom is -0.497 e. The number of hydrazone groups is 1. The maximum Gasteiger partial charge on any atom is 0.259 e. The SMILES string of the molecule is COc1cccc(/C=N\NC(=O)CNC(=O)c2ccc(Cl)cc2)c1. The Morgan fingerprint density at radius 2 is 1.96 bits per heavy atom. The van der Waals surface area contributed by atoms with Crippen LogP contribution in [0.2, 0.25) is 5.02 Å². The second kappa shape index (κ2) is 8.69. The van der Waals surface area contributed by atoms with E-state index in [-0.39, 0.29) is 12.5 Å². The zero-order valence-electron chi connectivity index (χ0n) is 13.0. The molecule has 7 heteroatoms. The highest BCUT2D eigenvalue weighted by atomic mass is 35.5. The van der Waals surface area contributed by atoms with Crippen LogP contribution in [0.1, 0.15) is 15.9 Å². The first kappa shape index (κ1) is 17.5. The highest BCUT2D eigenvalue weighted by Crippen LogP contribution is 2.10. The zero-order valence-corrected chi connectivity index (χ0v) is 13.7. The predicted octanol–water partition coefficient (Wildman–Crippen LogP) is 2.23. The molecule has 0 atom stereocenters. The van der Waals surface area contributed by atoms with E-state index < -0.39 is 5.91 Å². The molecule has 24 heavy (non-hydrogen) atoms. The molecule has 0 heterocycles. The number of carbonyl (C=O) groups is 2. The van der Waals surface area contributed by atoms with Gasteiger partial charge in [-0.2, -0.15) is 5.10 Å². The number of methoxy groups -OCH3 is 1. The Kier molecular flexibility index (Phi) is 6.33. The molecule has 0 saturated heterocycles. The Morgan fingerprint density at radius 3 is 2.67 bits per heavy atom. The van der Waals surface area contributed by atoms with E-state index in [9.17, 15) is 9.59 Å². The largest absolute Gasteiger partial charge is 0.497 e. The van der Waals surface area contributed by atoms with E-state index >= 15 is 0 Å². The van der Waals surface area contributed by atoms with E-state index in [2.05, 4.69) is 15.8 Å². The summed E-state index contributed by atoms with van der Waals surface area (Å²) in [6, 6.07) is 13.6. The number of carbonyl (C=O) groups excluding carboxylic acids is 2. The lowest BCUT2D eigenvalue weighted by atomic mass is 10.2. The molecule has 0 radical (unpaired) electrons. The van der Waals surface area contributed by atoms with E-state index in [1.807, 2.05) is 18.2 Å². The fraction of sp³-hybridized carbons (Fsp3) is 0.118. The molecule has 0 fully saturated rings. The molecule has 0 aromatic heterocycles. The third-order valence-corrected chi connectivity index (χ3v) is 3.26. The Labute approximate surface area is 144 Å². The molecular weight excluding hydrogens is 330 g/mol. The van der Waals surface area contributed by atoms with Crippen molar-refractivity contribution in [2.45, 2.75) is 0 Å². The molecule has 0 unspecified atom stereocenters. The third-order valence-electron chi connectivity index (χ3n) is 3.01. The number of amides is 2. The average Bonchev–Trinajstić information content (AvgIpc) is 2.60. The van der Waals surface area contributed by atoms with Gasteiger partial charge >= 0.3 is 0 Å². The van der Waals surface area contributed by atoms with Gasteiger partial charge in [0.1, 0.15) is 5.75 Å². The van der Waals surface area contributed by atoms with E-state index in [0.717, 1.165) is 5.56 Å². The molecule has 0 saturated carbocycles. The number of benzene rings is 2. The summed E-state index contributed by atoms with van der Waals surface area (Å²) in [6.07, 6.45) is 1.49. The summed E-state index contributed by atoms with van der Waals surface area (Å²) in [6.45, 7) is -0.184. The van der Waals surface area contributed by atoms with E-state index in [1.165, 1.54) is 6.21 Å². The van der Waals surface area contributed by atoms with Gasteiger partial charge in [0.25, 0.3) is 11.8 Å². The quantitative estimate of drug-likeness (QED) is 0.622. The standard InChI is InChI=1S/C17H16ClN3O3/c1-24-15-4-2-3-12(9-15)10-20-21-16(22)11-19-17(23)13-5-7-14(18)8-6-13/h2-10H,11H2,1H3,(H,19,23)(H,21,22)/b20-10-. The van der Waals surface area contributed by atoms with Crippen molar-refractivity contribution < 1.29 is 14.3 Å². The van der Waals surface area contributed by atoms with Gasteiger partial charge in [0.15, 0.2) is 0 Å². The van der Waals surface area contributed by atoms with Gasteiger partial charge in [-0.05, 0) is 42.0 Å². The van der Waals surface area contributed by atoms with Crippen LogP contribution in [0, 0.1) is 0 Å². The predicted molar refractivity (Wildman–Crippen MR) is 92.5 cm³/mol. The first-order chi connectivity index (χ1) is 11.6. The Bertz CT molecular complexity index is 745. The van der Waals surface area contributed by atoms with Crippen LogP contribution < -0.4 is 15.5 Å². The highest BCUT2D eigenvalue weighted by Gasteiger charge is 2.07. The summed E-state index contributed by atoms with van der Waals surface area (Å²) < 4.78 is 5.09. The molecule has 2 N–H and O–H groups in total. The van der Waals surface area contributed by atoms with Crippen molar-refractivity contribution in [1.29, 1.82) is 0 Å². The van der Waals surface area contributed by atoms with Gasteiger partial charge in [-0.15, -0.1) is 0 Å². The molecule has 2 aromatic rings. The lowest BCUT2D eigenvalue weighted by Crippen LogP contribution is -2.34. The van der Waals surface area contributed by atoms with Gasteiger partial charge in [0.2, 0.25) is 0 Å². The summed E-state index contributed by atoms with van der Waals surface area (Å²) in [4.78, 5) is 23.5. The normalized spacial score (nSPS) is 10.4. The number of ether oxygens (including phenoxy) is 1. The smallest absolute Gasteiger partial charge is 0.259 e. The lowest BCUT2D eigenvalue weighted by Gasteiger charge is -2.04. The number of halogens is 1. The van der Waals surface area contributed by atoms with Crippen LogP contribution >= 0.6 is 11.6 Å². The lowest BCUT2D eigenvalue weighted by molar-refractivity contribution is -0.120. The summed E-state index contributed by atoms with van der Waals surface area (Å²) in [7, 11) is 1.57. The number of nitrogens with zero attached hydrogens (tertiary/aromatic N) is 1. The number of hydrogen-bond donors (Lipinski definition) is 2. The molecule has 124 valence electrons. The molecular formula is C17H16ClN3O3. The summed E-state index contributed by atoms with van der Waals surface area (Å²) >= 11 is 5.75. The van der Waals surface area contributed by atoms with Crippen molar-refractivity contribution in [2.24, 2.45) is 5.10 Å². The second-order valence-corrected chi connectivity index (χ2v) is 5.20. The molecule has 2 rings (SSSR count). The van der Waals surface area contributed by atoms with Gasteiger partial charge in [-0.3, -0.25) is 9.59 Å². The van der Waals surface area contributed by atoms with Gasteiger partial charge in [0.05, 0.1) is 19.9 Å². The minimum absolute atomic E-state index is 0.184. The van der Waals surface area contributed by atoms with E-state index in [0.29, 0.717) is 16.3 Å². The average molecular weight is 346 g/mol. The van der Waals surface area contributed by atoms with Crippen molar-refractivity contribution >= 4 is 29.6 Å². The van der Waals surface area contributed by atoms with Gasteiger partial charge < -0.3 is 10.1 Å². The van der Waals surface area contributed by atoms with Gasteiger partial charge in [0, 0.05) is 10.6 Å². The molecule has 0 bridgehead atoms. The Balaban J connectivity index is 1.79. The van der Waals surface area contributed by atoms with Gasteiger partial charge in [-0.25, -0.2) is 5.43 Å². The van der Waals surface area contributed by atoms with Crippen LogP contribution in [0.15, 0.2) is 53.6 Å². The second-order valence-electron chi connectivity index (χ2n) is 4.76. The molecule has 2 aromatic carbocycles. The Hall–Kier alpha value is -2.86. The fourth-order valence-electron chi connectivity index (χ4n) is 1.80. The number of nitrogens with one attached hydrogen (secondary N) is 2. The van der Waals surface area contributed by atoms with Crippen molar-refractivity contribution in [3.63, 3.8) is 0 Å². The van der Waals surface area contributed by atoms with Crippen LogP contribution in [0.3, 0.4) is 0 Å². The van der Waals surface area contributed by atoms with Crippen molar-refractivity contribution in [3.8, 4) is 5.75 Å². The molecule has 0 aliphatic carbocycles. The highest BCUT2D eigenvalue weighted by molar-refractivity contribution is 6.30. The van der Waals surface area contributed by atoms with Crippen LogP contribution in [0.4, 0.5) is 0 Å². The zero-order chi connectivity index (χ0) is 17.4. The van der Waals surface area contributed by atoms with E-state index in [1.54, 1.807) is 37.4 Å². The van der Waals surface area contributed by atoms with E-state index in [4.69, 9.17) is 16.3 Å². The monoisotopic (exact) mass is 345 g/mol.